The number of halogens is 2. The van der Waals surface area contributed by atoms with Crippen LogP contribution in [0.2, 0.25) is 0 Å². The highest BCUT2D eigenvalue weighted by molar-refractivity contribution is 5.47. The fraction of sp³-hybridized carbons (Fsp3) is 0.143. The molecule has 1 unspecified atom stereocenters. The lowest BCUT2D eigenvalue weighted by molar-refractivity contribution is 0.106. The molecule has 3 N–H and O–H groups in total. The molecule has 2 rings (SSSR count). The van der Waals surface area contributed by atoms with Gasteiger partial charge in [0.15, 0.2) is 11.6 Å². The van der Waals surface area contributed by atoms with Crippen LogP contribution in [-0.4, -0.2) is 11.7 Å². The van der Waals surface area contributed by atoms with E-state index in [1.165, 1.54) is 0 Å². The van der Waals surface area contributed by atoms with E-state index in [9.17, 15) is 13.9 Å². The lowest BCUT2D eigenvalue weighted by Crippen LogP contribution is -2.12. The van der Waals surface area contributed by atoms with Crippen LogP contribution in [0.25, 0.3) is 0 Å². The first kappa shape index (κ1) is 13.3. The quantitative estimate of drug-likeness (QED) is 0.836. The number of aliphatic hydroxyl groups is 1. The van der Waals surface area contributed by atoms with Gasteiger partial charge in [-0.25, -0.2) is 8.78 Å². The van der Waals surface area contributed by atoms with Crippen LogP contribution < -0.4 is 10.5 Å². The first-order valence-electron chi connectivity index (χ1n) is 5.68. The minimum absolute atomic E-state index is 0.214. The highest BCUT2D eigenvalue weighted by Gasteiger charge is 2.13. The maximum atomic E-state index is 13.3. The molecule has 0 amide bonds. The summed E-state index contributed by atoms with van der Waals surface area (Å²) in [6.07, 6.45) is -1.01. The van der Waals surface area contributed by atoms with Crippen LogP contribution in [0, 0.1) is 11.6 Å². The van der Waals surface area contributed by atoms with Crippen LogP contribution in [0.15, 0.2) is 42.5 Å². The van der Waals surface area contributed by atoms with E-state index in [-0.39, 0.29) is 12.4 Å². The van der Waals surface area contributed by atoms with E-state index in [1.807, 2.05) is 0 Å². The Balaban J connectivity index is 2.06. The Morgan fingerprint density at radius 1 is 1.16 bits per heavy atom. The van der Waals surface area contributed by atoms with Gasteiger partial charge in [0, 0.05) is 17.3 Å². The van der Waals surface area contributed by atoms with Gasteiger partial charge in [-0.3, -0.25) is 0 Å². The molecular weight excluding hydrogens is 252 g/mol. The number of benzene rings is 2. The molecule has 0 aromatic heterocycles. The van der Waals surface area contributed by atoms with E-state index in [0.29, 0.717) is 11.3 Å². The second-order valence-electron chi connectivity index (χ2n) is 4.03. The largest absolute Gasteiger partial charge is 0.487 e. The molecule has 0 fully saturated rings. The van der Waals surface area contributed by atoms with Crippen molar-refractivity contribution < 1.29 is 18.6 Å². The first-order chi connectivity index (χ1) is 9.08. The predicted molar refractivity (Wildman–Crippen MR) is 67.7 cm³/mol. The topological polar surface area (TPSA) is 55.5 Å². The molecule has 0 bridgehead atoms. The van der Waals surface area contributed by atoms with E-state index < -0.39 is 17.7 Å². The van der Waals surface area contributed by atoms with Gasteiger partial charge in [-0.05, 0) is 18.2 Å². The summed E-state index contributed by atoms with van der Waals surface area (Å²) in [6, 6.07) is 9.63. The SMILES string of the molecule is Nc1ccccc1C(O)COc1cc(F)ccc1F. The van der Waals surface area contributed by atoms with E-state index in [2.05, 4.69) is 0 Å². The molecule has 0 saturated carbocycles. The van der Waals surface area contributed by atoms with Gasteiger partial charge in [-0.2, -0.15) is 0 Å². The van der Waals surface area contributed by atoms with Gasteiger partial charge < -0.3 is 15.6 Å². The maximum Gasteiger partial charge on any atom is 0.165 e. The van der Waals surface area contributed by atoms with Gasteiger partial charge >= 0.3 is 0 Å². The molecule has 0 aliphatic heterocycles. The number of hydrogen-bond donors (Lipinski definition) is 2. The van der Waals surface area contributed by atoms with Crippen molar-refractivity contribution in [3.63, 3.8) is 0 Å². The van der Waals surface area contributed by atoms with Crippen LogP contribution in [0.5, 0.6) is 5.75 Å². The van der Waals surface area contributed by atoms with Crippen molar-refractivity contribution in [1.29, 1.82) is 0 Å². The van der Waals surface area contributed by atoms with Crippen molar-refractivity contribution in [3.8, 4) is 5.75 Å². The molecule has 5 heteroatoms. The van der Waals surface area contributed by atoms with Crippen molar-refractivity contribution in [2.75, 3.05) is 12.3 Å². The molecule has 0 spiro atoms. The number of nitrogens with two attached hydrogens (primary N) is 1. The summed E-state index contributed by atoms with van der Waals surface area (Å²) in [5.74, 6) is -1.53. The van der Waals surface area contributed by atoms with Crippen molar-refractivity contribution >= 4 is 5.69 Å². The summed E-state index contributed by atoms with van der Waals surface area (Å²) < 4.78 is 31.3. The third-order valence-electron chi connectivity index (χ3n) is 2.64. The molecule has 0 saturated heterocycles. The summed E-state index contributed by atoms with van der Waals surface area (Å²) in [5.41, 5.74) is 6.60. The minimum Gasteiger partial charge on any atom is -0.487 e. The Hall–Kier alpha value is -2.14. The summed E-state index contributed by atoms with van der Waals surface area (Å²) >= 11 is 0. The third-order valence-corrected chi connectivity index (χ3v) is 2.64. The van der Waals surface area contributed by atoms with Crippen molar-refractivity contribution in [1.82, 2.24) is 0 Å². The van der Waals surface area contributed by atoms with E-state index in [1.54, 1.807) is 24.3 Å². The van der Waals surface area contributed by atoms with Gasteiger partial charge in [0.2, 0.25) is 0 Å². The zero-order valence-corrected chi connectivity index (χ0v) is 10.0. The first-order valence-corrected chi connectivity index (χ1v) is 5.68. The number of anilines is 1. The van der Waals surface area contributed by atoms with Crippen molar-refractivity contribution in [3.05, 3.63) is 59.7 Å². The maximum absolute atomic E-state index is 13.3. The number of para-hydroxylation sites is 1. The zero-order chi connectivity index (χ0) is 13.8. The molecule has 0 aliphatic carbocycles. The highest BCUT2D eigenvalue weighted by Crippen LogP contribution is 2.23. The van der Waals surface area contributed by atoms with Gasteiger partial charge in [0.05, 0.1) is 0 Å². The molecule has 1 atom stereocenters. The molecule has 0 aliphatic rings. The van der Waals surface area contributed by atoms with E-state index >= 15 is 0 Å². The zero-order valence-electron chi connectivity index (χ0n) is 10.0. The van der Waals surface area contributed by atoms with Crippen LogP contribution in [-0.2, 0) is 0 Å². The Labute approximate surface area is 109 Å². The van der Waals surface area contributed by atoms with Gasteiger partial charge in [0.25, 0.3) is 0 Å². The smallest absolute Gasteiger partial charge is 0.165 e. The molecule has 100 valence electrons. The fourth-order valence-corrected chi connectivity index (χ4v) is 1.66. The highest BCUT2D eigenvalue weighted by atomic mass is 19.1. The molecule has 2 aromatic rings. The average Bonchev–Trinajstić information content (AvgIpc) is 2.40. The number of ether oxygens (including phenoxy) is 1. The normalized spacial score (nSPS) is 12.2. The fourth-order valence-electron chi connectivity index (χ4n) is 1.66. The number of hydrogen-bond acceptors (Lipinski definition) is 3. The van der Waals surface area contributed by atoms with E-state index in [0.717, 1.165) is 18.2 Å². The Bertz CT molecular complexity index is 575. The van der Waals surface area contributed by atoms with Crippen LogP contribution in [0.1, 0.15) is 11.7 Å². The summed E-state index contributed by atoms with van der Waals surface area (Å²) in [6.45, 7) is -0.214. The number of nitrogen functional groups attached to an aromatic ring is 1. The molecule has 2 aromatic carbocycles. The number of rotatable bonds is 4. The molecule has 0 heterocycles. The van der Waals surface area contributed by atoms with E-state index in [4.69, 9.17) is 10.5 Å². The van der Waals surface area contributed by atoms with Gasteiger partial charge in [-0.1, -0.05) is 18.2 Å². The molecule has 0 radical (unpaired) electrons. The monoisotopic (exact) mass is 265 g/mol. The van der Waals surface area contributed by atoms with Crippen molar-refractivity contribution in [2.45, 2.75) is 6.10 Å². The molecular formula is C14H13F2NO2. The number of aliphatic hydroxyl groups excluding tert-OH is 1. The molecule has 19 heavy (non-hydrogen) atoms. The lowest BCUT2D eigenvalue weighted by atomic mass is 10.1. The minimum atomic E-state index is -1.01. The Morgan fingerprint density at radius 2 is 1.89 bits per heavy atom. The van der Waals surface area contributed by atoms with Crippen molar-refractivity contribution in [2.24, 2.45) is 0 Å². The summed E-state index contributed by atoms with van der Waals surface area (Å²) in [4.78, 5) is 0. The predicted octanol–water partition coefficient (Wildman–Crippen LogP) is 2.66. The third kappa shape index (κ3) is 3.20. The van der Waals surface area contributed by atoms with Crippen LogP contribution in [0.3, 0.4) is 0 Å². The van der Waals surface area contributed by atoms with Gasteiger partial charge in [0.1, 0.15) is 18.5 Å². The van der Waals surface area contributed by atoms with Crippen LogP contribution >= 0.6 is 0 Å². The lowest BCUT2D eigenvalue weighted by Gasteiger charge is -2.14. The van der Waals surface area contributed by atoms with Crippen LogP contribution in [0.4, 0.5) is 14.5 Å². The standard InChI is InChI=1S/C14H13F2NO2/c15-9-5-6-11(16)14(7-9)19-8-13(18)10-3-1-2-4-12(10)17/h1-7,13,18H,8,17H2. The summed E-state index contributed by atoms with van der Waals surface area (Å²) in [5, 5.41) is 9.90. The Kier molecular flexibility index (Phi) is 3.97. The summed E-state index contributed by atoms with van der Waals surface area (Å²) in [7, 11) is 0. The average molecular weight is 265 g/mol. The second-order valence-corrected chi connectivity index (χ2v) is 4.03. The second kappa shape index (κ2) is 5.67. The molecule has 3 nitrogen and oxygen atoms in total. The Morgan fingerprint density at radius 3 is 2.63 bits per heavy atom. The van der Waals surface area contributed by atoms with Gasteiger partial charge in [-0.15, -0.1) is 0 Å².